The topological polar surface area (TPSA) is 273 Å². The summed E-state index contributed by atoms with van der Waals surface area (Å²) in [5.74, 6) is 0. The van der Waals surface area contributed by atoms with Crippen LogP contribution in [-0.2, 0) is 0 Å². The van der Waals surface area contributed by atoms with Gasteiger partial charge in [0.05, 0.1) is 111 Å². The minimum Gasteiger partial charge on any atom is -0.395 e. The van der Waals surface area contributed by atoms with Crippen molar-refractivity contribution in [3.05, 3.63) is 348 Å². The number of aromatic nitrogens is 15. The standard InChI is InChI=1S/C24H22N4OS.C24H24N4OS.C23H22N4O2S.C23H22N4OS.C22H20N4OS/c1-15-25-20-6-2-17(12-22(20)30-15)21-13-24(29)28-14-18(3-7-23(28)26-21)16-8-10-27(11-9-16)19-4-5-19;1-15(2)27-10-8-17(9-11-27)19-5-7-23-26-21(13-24(29)28(23)14-19)18-4-6-20-22(12-18)30-16(3)25-20;1-15-24-19-4-2-17(12-21(19)30-15)20-13-23(29)27-14-18(3-5-22(27)25-20)16-6-8-26(9-7-16)10-11-28;1-3-26-10-8-16(9-11-26)18-5-7-22-25-20(13-23(28)27(22)14-18)17-4-6-19-21(12-17)29-15(2)24-19;1-14-23-18-5-3-16(11-20(18)28-14)19-12-22(27)26-13-17(4-6-21(26)24-19)15-7-9-25(2)10-8-15/h2-3,6-8,12-14,19H,4-5,9-11H2,1H3;4-8,12-15H,9-11H2,1-3H3;2-6,12-14,28H,7-11H2,1H3;4-8,12-14H,3,9-11H2,1-2H3;3-7,11-13H,8-10H2,1-2H3. The predicted molar refractivity (Wildman–Crippen MR) is 601 cm³/mol. The Kier molecular flexibility index (Phi) is 27.8. The van der Waals surface area contributed by atoms with E-state index in [1.807, 2.05) is 163 Å². The van der Waals surface area contributed by atoms with E-state index in [1.54, 1.807) is 109 Å². The van der Waals surface area contributed by atoms with Gasteiger partial charge in [-0.1, -0.05) is 67.6 Å². The van der Waals surface area contributed by atoms with Gasteiger partial charge in [-0.05, 0) is 284 Å². The van der Waals surface area contributed by atoms with E-state index in [0.29, 0.717) is 69.3 Å². The average Bonchev–Trinajstić information content (AvgIpc) is 1.78. The van der Waals surface area contributed by atoms with Crippen LogP contribution < -0.4 is 27.8 Å². The number of hydrogen-bond donors (Lipinski definition) is 1. The van der Waals surface area contributed by atoms with Crippen molar-refractivity contribution in [2.75, 3.05) is 92.2 Å². The number of hydrogen-bond acceptors (Lipinski definition) is 26. The summed E-state index contributed by atoms with van der Waals surface area (Å²) in [4.78, 5) is 123. The minimum absolute atomic E-state index is 0.0477. The number of pyridine rings is 5. The molecule has 0 atom stereocenters. The molecule has 6 aliphatic rings. The lowest BCUT2D eigenvalue weighted by atomic mass is 10.0. The van der Waals surface area contributed by atoms with E-state index in [-0.39, 0.29) is 34.4 Å². The molecule has 20 heterocycles. The van der Waals surface area contributed by atoms with Crippen molar-refractivity contribution in [1.29, 1.82) is 0 Å². The molecule has 20 aromatic rings. The largest absolute Gasteiger partial charge is 0.395 e. The van der Waals surface area contributed by atoms with Gasteiger partial charge in [0.1, 0.15) is 28.2 Å². The summed E-state index contributed by atoms with van der Waals surface area (Å²) >= 11 is 8.27. The van der Waals surface area contributed by atoms with Crippen LogP contribution in [0.15, 0.2) is 267 Å². The number of rotatable bonds is 15. The molecule has 0 spiro atoms. The smallest absolute Gasteiger partial charge is 0.258 e. The van der Waals surface area contributed by atoms with Gasteiger partial charge in [0.25, 0.3) is 27.8 Å². The van der Waals surface area contributed by atoms with Crippen LogP contribution in [-0.4, -0.2) is 206 Å². The number of aryl methyl sites for hydroxylation is 5. The zero-order valence-electron chi connectivity index (χ0n) is 83.4. The van der Waals surface area contributed by atoms with E-state index in [9.17, 15) is 24.0 Å². The van der Waals surface area contributed by atoms with Crippen LogP contribution >= 0.6 is 56.7 Å². The quantitative estimate of drug-likeness (QED) is 0.0998. The SMILES string of the molecule is CCN1CC=C(c2ccc3nc(-c4ccc5nc(C)sc5c4)cc(=O)n3c2)CC1.Cc1nc2ccc(-c3cc(=O)n4cc(C5=CCN(C(C)C)CC5)ccc4n3)cc2s1.Cc1nc2ccc(-c3cc(=O)n4cc(C5=CCN(C)CC5)ccc4n3)cc2s1.Cc1nc2ccc(-c3cc(=O)n4cc(C5=CCN(C6CC6)CC5)ccc4n3)cc2s1.Cc1nc2ccc(-c3cc(=O)n4cc(C5=CCN(CCO)CC5)ccc4n3)cc2s1. The Hall–Kier alpha value is -14.2. The Labute approximate surface area is 867 Å². The van der Waals surface area contributed by atoms with Gasteiger partial charge in [0.15, 0.2) is 0 Å². The monoisotopic (exact) mass is 2040 g/mol. The Morgan fingerprint density at radius 2 is 0.585 bits per heavy atom. The van der Waals surface area contributed by atoms with Gasteiger partial charge in [-0.2, -0.15) is 0 Å². The molecule has 740 valence electrons. The number of nitrogens with zero attached hydrogens (tertiary/aromatic N) is 20. The van der Waals surface area contributed by atoms with E-state index < -0.39 is 0 Å². The van der Waals surface area contributed by atoms with Gasteiger partial charge in [-0.25, -0.2) is 49.8 Å². The van der Waals surface area contributed by atoms with Crippen molar-refractivity contribution in [3.8, 4) is 56.3 Å². The van der Waals surface area contributed by atoms with Crippen molar-refractivity contribution in [1.82, 2.24) is 96.3 Å². The molecular formula is C116H110N20O6S5. The molecule has 1 saturated carbocycles. The highest BCUT2D eigenvalue weighted by atomic mass is 32.1. The van der Waals surface area contributed by atoms with Gasteiger partial charge in [-0.15, -0.1) is 56.7 Å². The summed E-state index contributed by atoms with van der Waals surface area (Å²) < 4.78 is 13.8. The molecule has 0 radical (unpaired) electrons. The molecular weight excluding hydrogens is 1930 g/mol. The van der Waals surface area contributed by atoms with E-state index in [4.69, 9.17) is 30.0 Å². The van der Waals surface area contributed by atoms with Gasteiger partial charge < -0.3 is 10.0 Å². The third-order valence-corrected chi connectivity index (χ3v) is 32.9. The van der Waals surface area contributed by atoms with Crippen LogP contribution in [0.3, 0.4) is 0 Å². The third-order valence-electron chi connectivity index (χ3n) is 28.2. The van der Waals surface area contributed by atoms with Gasteiger partial charge in [0.2, 0.25) is 0 Å². The summed E-state index contributed by atoms with van der Waals surface area (Å²) in [5, 5.41) is 14.3. The summed E-state index contributed by atoms with van der Waals surface area (Å²) in [6, 6.07) is 59.8. The normalized spacial score (nSPS) is 15.7. The summed E-state index contributed by atoms with van der Waals surface area (Å²) in [6.07, 6.45) is 28.5. The summed E-state index contributed by atoms with van der Waals surface area (Å²) in [7, 11) is 2.12. The number of likely N-dealkylation sites (N-methyl/N-ethyl adjacent to an activating group) is 2. The van der Waals surface area contributed by atoms with Gasteiger partial charge >= 0.3 is 0 Å². The first-order valence-corrected chi connectivity index (χ1v) is 54.2. The molecule has 26 nitrogen and oxygen atoms in total. The number of benzene rings is 5. The molecule has 1 N–H and O–H groups in total. The van der Waals surface area contributed by atoms with Crippen LogP contribution in [0.1, 0.15) is 119 Å². The van der Waals surface area contributed by atoms with E-state index in [2.05, 4.69) is 162 Å². The predicted octanol–water partition coefficient (Wildman–Crippen LogP) is 21.1. The molecule has 1 fully saturated rings. The van der Waals surface area contributed by atoms with E-state index in [1.165, 1.54) is 40.7 Å². The lowest BCUT2D eigenvalue weighted by molar-refractivity contribution is 0.208. The average molecular weight is 2040 g/mol. The Morgan fingerprint density at radius 1 is 0.313 bits per heavy atom. The van der Waals surface area contributed by atoms with Crippen LogP contribution in [0.5, 0.6) is 0 Å². The van der Waals surface area contributed by atoms with Crippen LogP contribution in [0.25, 0.3) is 163 Å². The van der Waals surface area contributed by atoms with Gasteiger partial charge in [0, 0.05) is 173 Å². The summed E-state index contributed by atoms with van der Waals surface area (Å²) in [6.45, 7) is 28.5. The highest BCUT2D eigenvalue weighted by Gasteiger charge is 2.31. The minimum atomic E-state index is -0.0873. The Morgan fingerprint density at radius 3 is 0.830 bits per heavy atom. The highest BCUT2D eigenvalue weighted by Crippen LogP contribution is 2.38. The molecule has 0 saturated heterocycles. The van der Waals surface area contributed by atoms with Crippen molar-refractivity contribution >= 4 is 164 Å². The number of β-amino-alcohol motifs (C(OH)–C–C–N with tert-alkyl or cyclic N) is 1. The molecule has 5 aliphatic heterocycles. The second-order valence-corrected chi connectivity index (χ2v) is 44.8. The molecule has 147 heavy (non-hydrogen) atoms. The van der Waals surface area contributed by atoms with Gasteiger partial charge in [-0.3, -0.25) is 65.6 Å². The summed E-state index contributed by atoms with van der Waals surface area (Å²) in [5.41, 5.74) is 28.0. The molecule has 0 amide bonds. The number of thiazole rings is 5. The molecule has 15 aromatic heterocycles. The first-order valence-electron chi connectivity index (χ1n) is 50.1. The fraction of sp³-hybridized carbons (Fsp3) is 0.267. The van der Waals surface area contributed by atoms with Crippen molar-refractivity contribution < 1.29 is 5.11 Å². The lowest BCUT2D eigenvalue weighted by Gasteiger charge is -2.29. The maximum Gasteiger partial charge on any atom is 0.258 e. The van der Waals surface area contributed by atoms with Crippen LogP contribution in [0.2, 0.25) is 0 Å². The first-order chi connectivity index (χ1) is 71.4. The molecule has 31 heteroatoms. The first kappa shape index (κ1) is 97.5. The lowest BCUT2D eigenvalue weighted by Crippen LogP contribution is -2.34. The maximum atomic E-state index is 12.9. The third kappa shape index (κ3) is 21.4. The number of aliphatic hydroxyl groups is 1. The highest BCUT2D eigenvalue weighted by molar-refractivity contribution is 7.19. The molecule has 0 unspecified atom stereocenters. The van der Waals surface area contributed by atoms with Crippen molar-refractivity contribution in [2.24, 2.45) is 0 Å². The van der Waals surface area contributed by atoms with Crippen molar-refractivity contribution in [2.45, 2.75) is 112 Å². The maximum absolute atomic E-state index is 12.9. The molecule has 5 aromatic carbocycles. The van der Waals surface area contributed by atoms with Crippen LogP contribution in [0.4, 0.5) is 0 Å². The van der Waals surface area contributed by atoms with Crippen LogP contribution in [0, 0.1) is 34.6 Å². The zero-order valence-corrected chi connectivity index (χ0v) is 87.4. The number of aliphatic hydroxyl groups excluding tert-OH is 1. The molecule has 0 bridgehead atoms. The molecule has 26 rings (SSSR count). The second-order valence-electron chi connectivity index (χ2n) is 38.6. The Bertz CT molecular complexity index is 8890. The fourth-order valence-corrected chi connectivity index (χ4v) is 24.3. The second kappa shape index (κ2) is 42.0. The van der Waals surface area contributed by atoms with E-state index in [0.717, 1.165) is 242 Å². The molecule has 1 aliphatic carbocycles. The van der Waals surface area contributed by atoms with E-state index >= 15 is 0 Å². The van der Waals surface area contributed by atoms with Crippen molar-refractivity contribution in [3.63, 3.8) is 0 Å². The Balaban J connectivity index is 0.000000104. The zero-order chi connectivity index (χ0) is 101. The number of fused-ring (bicyclic) bond motifs is 10. The fourth-order valence-electron chi connectivity index (χ4n) is 19.9.